The van der Waals surface area contributed by atoms with Crippen LogP contribution in [0.5, 0.6) is 5.75 Å². The number of aliphatic hydroxyl groups is 1. The quantitative estimate of drug-likeness (QED) is 0.282. The number of aromatic nitrogens is 1. The zero-order chi connectivity index (χ0) is 25.4. The lowest BCUT2D eigenvalue weighted by Gasteiger charge is -2.21. The third-order valence-corrected chi connectivity index (χ3v) is 9.74. The van der Waals surface area contributed by atoms with Gasteiger partial charge in [0.25, 0.3) is 0 Å². The molecule has 2 N–H and O–H groups in total. The van der Waals surface area contributed by atoms with Gasteiger partial charge in [0.05, 0.1) is 30.2 Å². The van der Waals surface area contributed by atoms with E-state index >= 15 is 0 Å². The summed E-state index contributed by atoms with van der Waals surface area (Å²) in [7, 11) is -1.98. The van der Waals surface area contributed by atoms with Crippen molar-refractivity contribution < 1.29 is 18.3 Å². The Morgan fingerprint density at radius 1 is 1.19 bits per heavy atom. The third kappa shape index (κ3) is 5.14. The maximum Gasteiger partial charge on any atom is 0.215 e. The average Bonchev–Trinajstić information content (AvgIpc) is 3.62. The largest absolute Gasteiger partial charge is 0.496 e. The molecule has 0 spiro atoms. The second kappa shape index (κ2) is 10.1. The van der Waals surface area contributed by atoms with Crippen LogP contribution in [0, 0.1) is 0 Å². The van der Waals surface area contributed by atoms with Crippen LogP contribution in [0.3, 0.4) is 0 Å². The third-order valence-electron chi connectivity index (χ3n) is 6.25. The Morgan fingerprint density at radius 3 is 2.69 bits per heavy atom. The van der Waals surface area contributed by atoms with Crippen LogP contribution in [0.1, 0.15) is 41.8 Å². The van der Waals surface area contributed by atoms with Gasteiger partial charge in [0, 0.05) is 31.9 Å². The Morgan fingerprint density at radius 2 is 1.97 bits per heavy atom. The maximum absolute atomic E-state index is 13.1. The van der Waals surface area contributed by atoms with Crippen LogP contribution >= 0.6 is 22.9 Å². The number of sulfonamides is 1. The van der Waals surface area contributed by atoms with E-state index in [2.05, 4.69) is 9.71 Å². The van der Waals surface area contributed by atoms with Crippen molar-refractivity contribution in [3.8, 4) is 17.0 Å². The minimum atomic E-state index is -3.53. The highest BCUT2D eigenvalue weighted by Crippen LogP contribution is 2.43. The standard InChI is InChI=1S/C27H27ClN2O4S2/c1-16(31)13-17-11-12-29-22(14-17)20-6-3-5-18-15-24(35-27(18)20)26(30-36(32,33)19-9-10-19)25-21(28)7-4-8-23(25)34-2/h3-8,11-12,14-16,19,26,30-31H,9-10,13H2,1-2H3. The summed E-state index contributed by atoms with van der Waals surface area (Å²) >= 11 is 8.13. The molecule has 2 aromatic heterocycles. The molecule has 0 radical (unpaired) electrons. The number of rotatable bonds is 9. The topological polar surface area (TPSA) is 88.5 Å². The molecule has 9 heteroatoms. The highest BCUT2D eigenvalue weighted by Gasteiger charge is 2.39. The molecule has 188 valence electrons. The lowest BCUT2D eigenvalue weighted by Crippen LogP contribution is -2.32. The number of benzene rings is 2. The first-order valence-electron chi connectivity index (χ1n) is 11.8. The highest BCUT2D eigenvalue weighted by atomic mass is 35.5. The van der Waals surface area contributed by atoms with Crippen LogP contribution in [0.15, 0.2) is 60.8 Å². The van der Waals surface area contributed by atoms with E-state index in [-0.39, 0.29) is 5.25 Å². The molecule has 1 aliphatic carbocycles. The number of methoxy groups -OCH3 is 1. The van der Waals surface area contributed by atoms with E-state index in [1.54, 1.807) is 38.4 Å². The van der Waals surface area contributed by atoms with E-state index in [0.717, 1.165) is 31.8 Å². The summed E-state index contributed by atoms with van der Waals surface area (Å²) < 4.78 is 35.6. The summed E-state index contributed by atoms with van der Waals surface area (Å²) in [6.07, 6.45) is 3.16. The molecule has 1 fully saturated rings. The lowest BCUT2D eigenvalue weighted by molar-refractivity contribution is 0.195. The van der Waals surface area contributed by atoms with E-state index in [9.17, 15) is 13.5 Å². The fraction of sp³-hybridized carbons (Fsp3) is 0.296. The molecule has 2 heterocycles. The van der Waals surface area contributed by atoms with Crippen LogP contribution in [-0.4, -0.2) is 37.0 Å². The van der Waals surface area contributed by atoms with E-state index < -0.39 is 22.2 Å². The molecule has 0 amide bonds. The van der Waals surface area contributed by atoms with Gasteiger partial charge in [-0.1, -0.05) is 35.9 Å². The van der Waals surface area contributed by atoms with Gasteiger partial charge in [-0.2, -0.15) is 0 Å². The van der Waals surface area contributed by atoms with Gasteiger partial charge in [-0.05, 0) is 67.5 Å². The number of halogens is 1. The van der Waals surface area contributed by atoms with Gasteiger partial charge < -0.3 is 9.84 Å². The molecule has 4 aromatic rings. The molecular weight excluding hydrogens is 516 g/mol. The van der Waals surface area contributed by atoms with Gasteiger partial charge in [0.1, 0.15) is 5.75 Å². The van der Waals surface area contributed by atoms with Gasteiger partial charge in [-0.3, -0.25) is 4.98 Å². The Hall–Kier alpha value is -2.49. The average molecular weight is 543 g/mol. The minimum Gasteiger partial charge on any atom is -0.496 e. The van der Waals surface area contributed by atoms with Crippen molar-refractivity contribution >= 4 is 43.0 Å². The van der Waals surface area contributed by atoms with Crippen LogP contribution in [-0.2, 0) is 16.4 Å². The van der Waals surface area contributed by atoms with Crippen molar-refractivity contribution in [1.29, 1.82) is 0 Å². The number of nitrogens with zero attached hydrogens (tertiary/aromatic N) is 1. The molecule has 36 heavy (non-hydrogen) atoms. The summed E-state index contributed by atoms with van der Waals surface area (Å²) in [5, 5.41) is 10.9. The zero-order valence-corrected chi connectivity index (χ0v) is 22.3. The number of ether oxygens (including phenoxy) is 1. The normalized spacial score (nSPS) is 15.7. The van der Waals surface area contributed by atoms with Crippen LogP contribution in [0.4, 0.5) is 0 Å². The Bertz CT molecular complexity index is 1510. The zero-order valence-electron chi connectivity index (χ0n) is 19.9. The fourth-order valence-electron chi connectivity index (χ4n) is 4.39. The van der Waals surface area contributed by atoms with Gasteiger partial charge in [0.2, 0.25) is 10.0 Å². The predicted molar refractivity (Wildman–Crippen MR) is 145 cm³/mol. The Labute approximate surface area is 220 Å². The lowest BCUT2D eigenvalue weighted by atomic mass is 10.0. The van der Waals surface area contributed by atoms with Gasteiger partial charge >= 0.3 is 0 Å². The molecular formula is C27H27ClN2O4S2. The van der Waals surface area contributed by atoms with Gasteiger partial charge in [-0.25, -0.2) is 13.1 Å². The monoisotopic (exact) mass is 542 g/mol. The molecule has 2 unspecified atom stereocenters. The second-order valence-corrected chi connectivity index (χ2v) is 12.6. The van der Waals surface area contributed by atoms with E-state index in [1.807, 2.05) is 36.4 Å². The first-order chi connectivity index (χ1) is 17.3. The minimum absolute atomic E-state index is 0.376. The number of hydrogen-bond acceptors (Lipinski definition) is 6. The second-order valence-electron chi connectivity index (χ2n) is 9.13. The van der Waals surface area contributed by atoms with Crippen molar-refractivity contribution in [2.45, 2.75) is 43.6 Å². The van der Waals surface area contributed by atoms with Crippen molar-refractivity contribution in [3.63, 3.8) is 0 Å². The number of pyridine rings is 1. The summed E-state index contributed by atoms with van der Waals surface area (Å²) in [5.41, 5.74) is 3.35. The van der Waals surface area contributed by atoms with Crippen LogP contribution in [0.2, 0.25) is 5.02 Å². The van der Waals surface area contributed by atoms with E-state index in [4.69, 9.17) is 16.3 Å². The molecule has 2 aromatic carbocycles. The highest BCUT2D eigenvalue weighted by molar-refractivity contribution is 7.90. The molecule has 6 nitrogen and oxygen atoms in total. The Balaban J connectivity index is 1.64. The molecule has 1 aliphatic rings. The van der Waals surface area contributed by atoms with E-state index in [1.165, 1.54) is 11.3 Å². The summed E-state index contributed by atoms with van der Waals surface area (Å²) in [6.45, 7) is 1.76. The molecule has 1 saturated carbocycles. The van der Waals surface area contributed by atoms with Gasteiger partial charge in [0.15, 0.2) is 0 Å². The van der Waals surface area contributed by atoms with Crippen molar-refractivity contribution in [3.05, 3.63) is 81.8 Å². The summed E-state index contributed by atoms with van der Waals surface area (Å²) in [6, 6.07) is 16.5. The molecule has 0 saturated heterocycles. The summed E-state index contributed by atoms with van der Waals surface area (Å²) in [5.74, 6) is 0.524. The SMILES string of the molecule is COc1cccc(Cl)c1C(NS(=O)(=O)C1CC1)c1cc2cccc(-c3cc(CC(C)O)ccn3)c2s1. The Kier molecular flexibility index (Phi) is 7.07. The smallest absolute Gasteiger partial charge is 0.215 e. The van der Waals surface area contributed by atoms with E-state index in [0.29, 0.717) is 35.6 Å². The first-order valence-corrected chi connectivity index (χ1v) is 14.5. The fourth-order valence-corrected chi connectivity index (χ4v) is 7.51. The van der Waals surface area contributed by atoms with Crippen LogP contribution < -0.4 is 9.46 Å². The first kappa shape index (κ1) is 25.2. The van der Waals surface area contributed by atoms with Crippen molar-refractivity contribution in [1.82, 2.24) is 9.71 Å². The van der Waals surface area contributed by atoms with Crippen molar-refractivity contribution in [2.75, 3.05) is 7.11 Å². The number of aliphatic hydroxyl groups excluding tert-OH is 1. The molecule has 0 aliphatic heterocycles. The molecule has 5 rings (SSSR count). The summed E-state index contributed by atoms with van der Waals surface area (Å²) in [4.78, 5) is 5.40. The van der Waals surface area contributed by atoms with Gasteiger partial charge in [-0.15, -0.1) is 11.3 Å². The maximum atomic E-state index is 13.1. The van der Waals surface area contributed by atoms with Crippen LogP contribution in [0.25, 0.3) is 21.3 Å². The van der Waals surface area contributed by atoms with Crippen molar-refractivity contribution in [2.24, 2.45) is 0 Å². The molecule has 2 atom stereocenters. The number of fused-ring (bicyclic) bond motifs is 1. The number of thiophene rings is 1. The number of hydrogen-bond donors (Lipinski definition) is 2. The predicted octanol–water partition coefficient (Wildman–Crippen LogP) is 5.72. The number of nitrogens with one attached hydrogen (secondary N) is 1. The molecule has 0 bridgehead atoms.